The first-order valence-corrected chi connectivity index (χ1v) is 10.5. The summed E-state index contributed by atoms with van der Waals surface area (Å²) in [7, 11) is 0. The Labute approximate surface area is 167 Å². The molecule has 2 heterocycles. The highest BCUT2D eigenvalue weighted by Gasteiger charge is 2.49. The van der Waals surface area contributed by atoms with Gasteiger partial charge in [-0.3, -0.25) is 4.79 Å². The Balaban J connectivity index is 1.25. The Morgan fingerprint density at radius 3 is 2.52 bits per heavy atom. The van der Waals surface area contributed by atoms with Crippen LogP contribution in [0.15, 0.2) is 11.0 Å². The summed E-state index contributed by atoms with van der Waals surface area (Å²) in [5, 5.41) is 3.23. The number of alkyl halides is 2. The average Bonchev–Trinajstić information content (AvgIpc) is 2.83. The van der Waals surface area contributed by atoms with Gasteiger partial charge in [-0.1, -0.05) is 12.8 Å². The van der Waals surface area contributed by atoms with Crippen LogP contribution in [0.2, 0.25) is 0 Å². The molecule has 29 heavy (non-hydrogen) atoms. The topological polar surface area (TPSA) is 87.3 Å². The molecule has 158 valence electrons. The van der Waals surface area contributed by atoms with Gasteiger partial charge in [0.1, 0.15) is 5.69 Å². The summed E-state index contributed by atoms with van der Waals surface area (Å²) in [6, 6.07) is 0. The minimum absolute atomic E-state index is 0.0814. The van der Waals surface area contributed by atoms with Crippen molar-refractivity contribution in [3.05, 3.63) is 16.7 Å². The summed E-state index contributed by atoms with van der Waals surface area (Å²) in [5.74, 6) is -1.00. The Bertz CT molecular complexity index is 850. The van der Waals surface area contributed by atoms with E-state index < -0.39 is 24.7 Å². The number of H-pyrrole nitrogens is 1. The summed E-state index contributed by atoms with van der Waals surface area (Å²) in [6.45, 7) is -1.21. The van der Waals surface area contributed by atoms with Crippen LogP contribution in [-0.2, 0) is 4.79 Å². The van der Waals surface area contributed by atoms with Crippen LogP contribution in [0.1, 0.15) is 44.9 Å². The minimum atomic E-state index is -2.76. The quantitative estimate of drug-likeness (QED) is 0.779. The Morgan fingerprint density at radius 2 is 1.86 bits per heavy atom. The fourth-order valence-corrected chi connectivity index (χ4v) is 6.20. The highest BCUT2D eigenvalue weighted by molar-refractivity contribution is 5.78. The van der Waals surface area contributed by atoms with Gasteiger partial charge in [0.2, 0.25) is 5.88 Å². The highest BCUT2D eigenvalue weighted by atomic mass is 19.3. The number of rotatable bonds is 5. The van der Waals surface area contributed by atoms with Gasteiger partial charge < -0.3 is 19.9 Å². The number of aromatic nitrogens is 2. The number of carbonyl (C=O) groups is 1. The molecule has 0 aromatic carbocycles. The van der Waals surface area contributed by atoms with Crippen LogP contribution in [0.25, 0.3) is 0 Å². The van der Waals surface area contributed by atoms with Crippen molar-refractivity contribution in [1.82, 2.24) is 15.3 Å². The van der Waals surface area contributed by atoms with E-state index in [0.29, 0.717) is 17.8 Å². The molecule has 9 heteroatoms. The van der Waals surface area contributed by atoms with Gasteiger partial charge in [0.05, 0.1) is 13.1 Å². The Hall–Kier alpha value is -2.19. The highest BCUT2D eigenvalue weighted by Crippen LogP contribution is 2.53. The maximum Gasteiger partial charge on any atom is 0.348 e. The largest absolute Gasteiger partial charge is 0.466 e. The number of hydrogen-bond acceptors (Lipinski definition) is 5. The third-order valence-electron chi connectivity index (χ3n) is 7.04. The van der Waals surface area contributed by atoms with Crippen molar-refractivity contribution < 1.29 is 18.3 Å². The number of halogens is 2. The number of hydrogen-bond donors (Lipinski definition) is 2. The summed E-state index contributed by atoms with van der Waals surface area (Å²) in [4.78, 5) is 31.7. The first-order chi connectivity index (χ1) is 13.8. The summed E-state index contributed by atoms with van der Waals surface area (Å²) in [5.41, 5.74) is -0.513. The van der Waals surface area contributed by atoms with Crippen LogP contribution in [0.4, 0.5) is 14.5 Å². The number of nitrogens with zero attached hydrogens (tertiary/aromatic N) is 2. The molecule has 1 aliphatic heterocycles. The van der Waals surface area contributed by atoms with Crippen LogP contribution in [-0.4, -0.2) is 47.0 Å². The van der Waals surface area contributed by atoms with Gasteiger partial charge in [-0.2, -0.15) is 4.98 Å². The van der Waals surface area contributed by atoms with Crippen molar-refractivity contribution in [2.45, 2.75) is 56.4 Å². The van der Waals surface area contributed by atoms with Crippen LogP contribution in [0.5, 0.6) is 5.88 Å². The number of anilines is 1. The molecule has 1 amide bonds. The number of fused-ring (bicyclic) bond motifs is 1. The van der Waals surface area contributed by atoms with Gasteiger partial charge in [-0.25, -0.2) is 13.6 Å². The van der Waals surface area contributed by atoms with E-state index in [1.54, 1.807) is 0 Å². The number of aromatic amines is 1. The van der Waals surface area contributed by atoms with Crippen molar-refractivity contribution in [1.29, 1.82) is 0 Å². The van der Waals surface area contributed by atoms with E-state index >= 15 is 0 Å². The van der Waals surface area contributed by atoms with Gasteiger partial charge in [0.15, 0.2) is 6.61 Å². The second kappa shape index (κ2) is 6.67. The molecule has 2 N–H and O–H groups in total. The summed E-state index contributed by atoms with van der Waals surface area (Å²) in [6.07, 6.45) is 9.48. The smallest absolute Gasteiger partial charge is 0.348 e. The van der Waals surface area contributed by atoms with Crippen molar-refractivity contribution >= 4 is 11.6 Å². The standard InChI is InChI=1S/C20H26F2N4O3/c21-20(22)10-26(11-20)15-8-23-18(28)24-17(15)29-9-16(27)25-19-5-12-1-2-13(6-19)4-14(3-12)7-19/h8,12-14H,1-7,9-11H2,(H,25,27)(H,23,24,28). The van der Waals surface area contributed by atoms with E-state index in [4.69, 9.17) is 4.74 Å². The summed E-state index contributed by atoms with van der Waals surface area (Å²) >= 11 is 0. The molecule has 2 atom stereocenters. The van der Waals surface area contributed by atoms with Crippen molar-refractivity contribution in [3.63, 3.8) is 0 Å². The number of amides is 1. The van der Waals surface area contributed by atoms with Crippen molar-refractivity contribution in [3.8, 4) is 5.88 Å². The fourth-order valence-electron chi connectivity index (χ4n) is 6.20. The predicted octanol–water partition coefficient (Wildman–Crippen LogP) is 2.08. The van der Waals surface area contributed by atoms with Gasteiger partial charge in [-0.15, -0.1) is 0 Å². The third kappa shape index (κ3) is 3.71. The van der Waals surface area contributed by atoms with Crippen LogP contribution in [0.3, 0.4) is 0 Å². The molecule has 1 aromatic heterocycles. The van der Waals surface area contributed by atoms with Crippen molar-refractivity contribution in [2.24, 2.45) is 17.8 Å². The van der Waals surface area contributed by atoms with Gasteiger partial charge in [0.25, 0.3) is 11.8 Å². The molecule has 4 aliphatic carbocycles. The molecule has 6 rings (SSSR count). The molecule has 7 nitrogen and oxygen atoms in total. The third-order valence-corrected chi connectivity index (χ3v) is 7.04. The van der Waals surface area contributed by atoms with E-state index in [9.17, 15) is 18.4 Å². The maximum absolute atomic E-state index is 13.2. The maximum atomic E-state index is 13.2. The lowest BCUT2D eigenvalue weighted by molar-refractivity contribution is -0.126. The lowest BCUT2D eigenvalue weighted by atomic mass is 9.63. The number of carbonyl (C=O) groups excluding carboxylic acids is 1. The Morgan fingerprint density at radius 1 is 1.21 bits per heavy atom. The van der Waals surface area contributed by atoms with Gasteiger partial charge in [0, 0.05) is 11.7 Å². The number of ether oxygens (including phenoxy) is 1. The zero-order chi connectivity index (χ0) is 20.2. The monoisotopic (exact) mass is 408 g/mol. The van der Waals surface area contributed by atoms with Gasteiger partial charge >= 0.3 is 5.69 Å². The molecule has 4 bridgehead atoms. The number of nitrogens with one attached hydrogen (secondary N) is 2. The molecular weight excluding hydrogens is 382 g/mol. The summed E-state index contributed by atoms with van der Waals surface area (Å²) < 4.78 is 31.9. The SMILES string of the molecule is O=C(COc1nc(=O)[nH]cc1N1CC(F)(F)C1)NC12CC3CCC(CC(C3)C1)C2. The van der Waals surface area contributed by atoms with E-state index in [1.165, 1.54) is 36.8 Å². The average molecular weight is 408 g/mol. The zero-order valence-corrected chi connectivity index (χ0v) is 16.3. The normalized spacial score (nSPS) is 34.4. The zero-order valence-electron chi connectivity index (χ0n) is 16.3. The molecular formula is C20H26F2N4O3. The molecule has 1 aromatic rings. The first kappa shape index (κ1) is 18.8. The van der Waals surface area contributed by atoms with E-state index in [0.717, 1.165) is 19.3 Å². The molecule has 4 saturated carbocycles. The second-order valence-electron chi connectivity index (χ2n) is 9.48. The van der Waals surface area contributed by atoms with Crippen molar-refractivity contribution in [2.75, 3.05) is 24.6 Å². The van der Waals surface area contributed by atoms with E-state index in [1.807, 2.05) is 0 Å². The van der Waals surface area contributed by atoms with E-state index in [-0.39, 0.29) is 29.6 Å². The van der Waals surface area contributed by atoms with Crippen LogP contribution in [0, 0.1) is 17.8 Å². The lowest BCUT2D eigenvalue weighted by Crippen LogP contribution is -2.57. The second-order valence-corrected chi connectivity index (χ2v) is 9.48. The van der Waals surface area contributed by atoms with Gasteiger partial charge in [-0.05, 0) is 49.9 Å². The molecule has 1 saturated heterocycles. The van der Waals surface area contributed by atoms with Crippen LogP contribution < -0.4 is 20.6 Å². The predicted molar refractivity (Wildman–Crippen MR) is 101 cm³/mol. The molecule has 5 fully saturated rings. The minimum Gasteiger partial charge on any atom is -0.466 e. The molecule has 0 radical (unpaired) electrons. The molecule has 5 aliphatic rings. The fraction of sp³-hybridized carbons (Fsp3) is 0.750. The first-order valence-electron chi connectivity index (χ1n) is 10.5. The Kier molecular flexibility index (Phi) is 4.33. The van der Waals surface area contributed by atoms with Crippen LogP contribution >= 0.6 is 0 Å². The van der Waals surface area contributed by atoms with E-state index in [2.05, 4.69) is 15.3 Å². The lowest BCUT2D eigenvalue weighted by Gasteiger charge is -2.48. The molecule has 0 spiro atoms. The molecule has 2 unspecified atom stereocenters.